The summed E-state index contributed by atoms with van der Waals surface area (Å²) in [4.78, 5) is 43.9. The molecule has 12 heteroatoms. The molecule has 5 rings (SSSR count). The lowest BCUT2D eigenvalue weighted by molar-refractivity contribution is -0.169. The topological polar surface area (TPSA) is 131 Å². The Kier molecular flexibility index (Phi) is 9.52. The van der Waals surface area contributed by atoms with E-state index in [4.69, 9.17) is 13.9 Å². The number of amides is 2. The maximum absolute atomic E-state index is 13.6. The minimum absolute atomic E-state index is 0.000626. The highest BCUT2D eigenvalue weighted by Gasteiger charge is 2.56. The third kappa shape index (κ3) is 5.92. The molecule has 2 aliphatic heterocycles. The van der Waals surface area contributed by atoms with Gasteiger partial charge in [0.2, 0.25) is 0 Å². The summed E-state index contributed by atoms with van der Waals surface area (Å²) in [5.74, 6) is -1.70. The van der Waals surface area contributed by atoms with E-state index in [-0.39, 0.29) is 22.8 Å². The van der Waals surface area contributed by atoms with E-state index in [0.717, 1.165) is 15.3 Å². The summed E-state index contributed by atoms with van der Waals surface area (Å²) in [6.45, 7) is 7.69. The van der Waals surface area contributed by atoms with E-state index >= 15 is 0 Å². The number of esters is 1. The molecule has 0 aromatic heterocycles. The summed E-state index contributed by atoms with van der Waals surface area (Å²) in [6.07, 6.45) is -0.260. The van der Waals surface area contributed by atoms with Crippen molar-refractivity contribution in [2.75, 3.05) is 12.9 Å². The second kappa shape index (κ2) is 13.2. The Hall–Kier alpha value is -3.93. The first-order valence-electron chi connectivity index (χ1n) is 14.7. The van der Waals surface area contributed by atoms with Gasteiger partial charge >= 0.3 is 5.97 Å². The Morgan fingerprint density at radius 1 is 0.956 bits per heavy atom. The van der Waals surface area contributed by atoms with Crippen molar-refractivity contribution in [3.8, 4) is 0 Å². The van der Waals surface area contributed by atoms with Crippen LogP contribution >= 0.6 is 11.8 Å². The average molecular weight is 645 g/mol. The van der Waals surface area contributed by atoms with Gasteiger partial charge in [-0.2, -0.15) is 0 Å². The quantitative estimate of drug-likeness (QED) is 0.0807. The number of hydrogen-bond acceptors (Lipinski definition) is 8. The number of carbonyl (C=O) groups is 3. The molecule has 0 N–H and O–H groups in total. The summed E-state index contributed by atoms with van der Waals surface area (Å²) in [6, 6.07) is 24.5. The Labute approximate surface area is 267 Å². The summed E-state index contributed by atoms with van der Waals surface area (Å²) in [5.41, 5.74) is 9.39. The highest BCUT2D eigenvalue weighted by atomic mass is 32.2. The number of azide groups is 1. The van der Waals surface area contributed by atoms with E-state index in [9.17, 15) is 19.9 Å². The van der Waals surface area contributed by atoms with E-state index in [0.29, 0.717) is 0 Å². The lowest BCUT2D eigenvalue weighted by atomic mass is 9.94. The van der Waals surface area contributed by atoms with Crippen molar-refractivity contribution in [1.29, 1.82) is 0 Å². The van der Waals surface area contributed by atoms with Gasteiger partial charge in [0.15, 0.2) is 0 Å². The monoisotopic (exact) mass is 644 g/mol. The van der Waals surface area contributed by atoms with E-state index in [1.165, 1.54) is 18.7 Å². The first-order chi connectivity index (χ1) is 21.5. The van der Waals surface area contributed by atoms with Gasteiger partial charge in [-0.1, -0.05) is 98.7 Å². The number of imide groups is 1. The molecule has 1 saturated heterocycles. The predicted molar refractivity (Wildman–Crippen MR) is 175 cm³/mol. The van der Waals surface area contributed by atoms with Crippen molar-refractivity contribution in [3.63, 3.8) is 0 Å². The third-order valence-corrected chi connectivity index (χ3v) is 14.2. The molecular weight excluding hydrogens is 609 g/mol. The molecule has 0 bridgehead atoms. The fraction of sp³-hybridized carbons (Fsp3) is 0.364. The molecule has 3 aromatic carbocycles. The van der Waals surface area contributed by atoms with Crippen molar-refractivity contribution in [3.05, 3.63) is 106 Å². The molecule has 0 spiro atoms. The van der Waals surface area contributed by atoms with Crippen LogP contribution in [-0.4, -0.2) is 73.6 Å². The van der Waals surface area contributed by atoms with Crippen molar-refractivity contribution < 1.29 is 28.3 Å². The van der Waals surface area contributed by atoms with Gasteiger partial charge in [-0.25, -0.2) is 0 Å². The summed E-state index contributed by atoms with van der Waals surface area (Å²) in [7, 11) is -3.03. The van der Waals surface area contributed by atoms with Gasteiger partial charge < -0.3 is 13.9 Å². The Morgan fingerprint density at radius 2 is 1.47 bits per heavy atom. The number of carbonyl (C=O) groups excluding carboxylic acids is 3. The first-order valence-corrected chi connectivity index (χ1v) is 17.9. The molecule has 1 fully saturated rings. The zero-order chi connectivity index (χ0) is 32.4. The van der Waals surface area contributed by atoms with E-state index in [2.05, 4.69) is 55.1 Å². The molecule has 10 nitrogen and oxygen atoms in total. The molecule has 0 radical (unpaired) electrons. The molecular formula is C33H36N4O6SSi. The van der Waals surface area contributed by atoms with Crippen LogP contribution in [-0.2, 0) is 18.7 Å². The Balaban J connectivity index is 1.57. The van der Waals surface area contributed by atoms with Crippen LogP contribution in [0.15, 0.2) is 90.0 Å². The SMILES string of the molecule is CS[C@@H]1OC(CO[Si](c2ccccc2)(c2ccccc2)C(C)(C)C)[C@H](N=[N+]=[N-])[C@H](OC(C)=O)C1N1C(=O)c2ccccc2C1=O. The standard InChI is InChI=1S/C33H36N4O6SSi/c1-21(38)42-29-27(35-36-34)26(43-32(44-5)28(29)37-30(39)24-18-12-13-19-25(24)31(37)40)20-41-45(33(2,3)4,22-14-8-6-9-15-22)23-16-10-7-11-17-23/h6-19,26-29,32H,20H2,1-5H3/t26?,27-,28?,29-,32-/m0/s1. The molecule has 0 aliphatic carbocycles. The zero-order valence-corrected chi connectivity index (χ0v) is 27.6. The van der Waals surface area contributed by atoms with Crippen molar-refractivity contribution in [2.24, 2.45) is 5.11 Å². The summed E-state index contributed by atoms with van der Waals surface area (Å²) < 4.78 is 19.5. The lowest BCUT2D eigenvalue weighted by Crippen LogP contribution is -2.69. The molecule has 2 unspecified atom stereocenters. The molecule has 5 atom stereocenters. The van der Waals surface area contributed by atoms with Crippen LogP contribution in [0.25, 0.3) is 10.4 Å². The molecule has 45 heavy (non-hydrogen) atoms. The summed E-state index contributed by atoms with van der Waals surface area (Å²) >= 11 is 1.27. The molecule has 2 amide bonds. The number of benzene rings is 3. The fourth-order valence-corrected chi connectivity index (χ4v) is 11.9. The van der Waals surface area contributed by atoms with Crippen LogP contribution in [0.5, 0.6) is 0 Å². The van der Waals surface area contributed by atoms with Crippen molar-refractivity contribution >= 4 is 48.2 Å². The lowest BCUT2D eigenvalue weighted by Gasteiger charge is -2.48. The Bertz CT molecular complexity index is 1540. The molecule has 0 saturated carbocycles. The number of rotatable bonds is 9. The maximum atomic E-state index is 13.6. The molecule has 3 aromatic rings. The second-order valence-electron chi connectivity index (χ2n) is 12.0. The van der Waals surface area contributed by atoms with E-state index in [1.807, 2.05) is 36.4 Å². The number of thioether (sulfide) groups is 1. The normalized spacial score (nSPS) is 23.3. The molecule has 2 heterocycles. The van der Waals surface area contributed by atoms with Crippen LogP contribution in [0.4, 0.5) is 0 Å². The Morgan fingerprint density at radius 3 is 1.91 bits per heavy atom. The van der Waals surface area contributed by atoms with Crippen LogP contribution < -0.4 is 10.4 Å². The minimum atomic E-state index is -3.03. The van der Waals surface area contributed by atoms with Crippen LogP contribution in [0.2, 0.25) is 5.04 Å². The highest BCUT2D eigenvalue weighted by molar-refractivity contribution is 7.99. The van der Waals surface area contributed by atoms with Crippen LogP contribution in [0.1, 0.15) is 48.4 Å². The van der Waals surface area contributed by atoms with Crippen molar-refractivity contribution in [2.45, 2.75) is 62.5 Å². The predicted octanol–water partition coefficient (Wildman–Crippen LogP) is 4.93. The van der Waals surface area contributed by atoms with E-state index in [1.54, 1.807) is 30.5 Å². The van der Waals surface area contributed by atoms with Gasteiger partial charge in [0.25, 0.3) is 20.1 Å². The number of fused-ring (bicyclic) bond motifs is 1. The number of nitrogens with zero attached hydrogens (tertiary/aromatic N) is 4. The van der Waals surface area contributed by atoms with Gasteiger partial charge in [-0.05, 0) is 39.3 Å². The maximum Gasteiger partial charge on any atom is 0.302 e. The largest absolute Gasteiger partial charge is 0.460 e. The highest BCUT2D eigenvalue weighted by Crippen LogP contribution is 2.40. The van der Waals surface area contributed by atoms with Crippen LogP contribution in [0, 0.1) is 0 Å². The third-order valence-electron chi connectivity index (χ3n) is 8.37. The van der Waals surface area contributed by atoms with Gasteiger partial charge in [0.05, 0.1) is 23.8 Å². The zero-order valence-electron chi connectivity index (χ0n) is 25.8. The number of ether oxygens (including phenoxy) is 2. The van der Waals surface area contributed by atoms with Gasteiger partial charge in [-0.15, -0.1) is 11.8 Å². The molecule has 2 aliphatic rings. The van der Waals surface area contributed by atoms with E-state index < -0.39 is 55.8 Å². The second-order valence-corrected chi connectivity index (χ2v) is 17.3. The minimum Gasteiger partial charge on any atom is -0.460 e. The molecule has 234 valence electrons. The van der Waals surface area contributed by atoms with Gasteiger partial charge in [-0.3, -0.25) is 19.3 Å². The average Bonchev–Trinajstić information content (AvgIpc) is 3.27. The first kappa shape index (κ1) is 32.5. The summed E-state index contributed by atoms with van der Waals surface area (Å²) in [5, 5.41) is 5.83. The smallest absolute Gasteiger partial charge is 0.302 e. The van der Waals surface area contributed by atoms with Gasteiger partial charge in [0, 0.05) is 11.8 Å². The van der Waals surface area contributed by atoms with Crippen LogP contribution in [0.3, 0.4) is 0 Å². The van der Waals surface area contributed by atoms with Crippen molar-refractivity contribution in [1.82, 2.24) is 4.90 Å². The fourth-order valence-electron chi connectivity index (χ4n) is 6.48. The number of hydrogen-bond donors (Lipinski definition) is 0. The van der Waals surface area contributed by atoms with Gasteiger partial charge in [0.1, 0.15) is 23.6 Å².